The van der Waals surface area contributed by atoms with Crippen molar-refractivity contribution in [1.82, 2.24) is 0 Å². The maximum absolute atomic E-state index is 13.4. The number of ketones is 1. The van der Waals surface area contributed by atoms with Crippen LogP contribution in [0.4, 0.5) is 0 Å². The Balaban J connectivity index is 1.35. The molecule has 36 heavy (non-hydrogen) atoms. The molecule has 5 atom stereocenters. The zero-order valence-electron chi connectivity index (χ0n) is 23.3. The molecule has 5 aliphatic carbocycles. The lowest BCUT2D eigenvalue weighted by atomic mass is 9.58. The zero-order valence-corrected chi connectivity index (χ0v) is 23.3. The summed E-state index contributed by atoms with van der Waals surface area (Å²) in [5, 5.41) is 0. The third kappa shape index (κ3) is 6.25. The first-order valence-corrected chi connectivity index (χ1v) is 14.6. The van der Waals surface area contributed by atoms with Crippen molar-refractivity contribution in [2.24, 2.45) is 34.0 Å². The van der Waals surface area contributed by atoms with E-state index in [1.165, 1.54) is 44.9 Å². The molecule has 0 N–H and O–H groups in total. The molecule has 0 aliphatic heterocycles. The molecule has 0 aromatic carbocycles. The van der Waals surface area contributed by atoms with Gasteiger partial charge in [-0.15, -0.1) is 0 Å². The minimum absolute atomic E-state index is 0.157. The molecule has 0 aromatic heterocycles. The smallest absolute Gasteiger partial charge is 0.312 e. The fraction of sp³-hybridized carbons (Fsp3) is 0.839. The standard InChI is InChI=1S/C31H48O5/c1-6-30(5,20-29(3,4)27(33)36-26-9-7-8-25(32)16-26)28(34)35-21(2)12-13-31-17-22-10-11-23(18-31)15-24(14-22)19-31/h12-13,21-24,26H,6-11,14-20H2,1-5H3/b13-12+. The zero-order chi connectivity index (χ0) is 26.1. The van der Waals surface area contributed by atoms with Gasteiger partial charge in [0.1, 0.15) is 18.0 Å². The fourth-order valence-electron chi connectivity index (χ4n) is 7.94. The van der Waals surface area contributed by atoms with Gasteiger partial charge >= 0.3 is 11.9 Å². The molecule has 0 spiro atoms. The first kappa shape index (κ1) is 27.4. The van der Waals surface area contributed by atoms with E-state index in [1.807, 2.05) is 34.6 Å². The average Bonchev–Trinajstić information content (AvgIpc) is 3.02. The van der Waals surface area contributed by atoms with E-state index in [4.69, 9.17) is 9.47 Å². The summed E-state index contributed by atoms with van der Waals surface area (Å²) in [5.74, 6) is 2.19. The number of ether oxygens (including phenoxy) is 2. The maximum Gasteiger partial charge on any atom is 0.312 e. The van der Waals surface area contributed by atoms with Gasteiger partial charge in [0.25, 0.3) is 0 Å². The Morgan fingerprint density at radius 3 is 2.28 bits per heavy atom. The number of allylic oxidation sites excluding steroid dienone is 1. The van der Waals surface area contributed by atoms with E-state index in [-0.39, 0.29) is 29.9 Å². The van der Waals surface area contributed by atoms with Crippen LogP contribution in [0.1, 0.15) is 118 Å². The molecular formula is C31H48O5. The second kappa shape index (κ2) is 10.6. The molecule has 5 heteroatoms. The Morgan fingerprint density at radius 2 is 1.67 bits per heavy atom. The van der Waals surface area contributed by atoms with Crippen LogP contribution in [0, 0.1) is 34.0 Å². The van der Waals surface area contributed by atoms with Gasteiger partial charge in [0.15, 0.2) is 0 Å². The predicted molar refractivity (Wildman–Crippen MR) is 140 cm³/mol. The number of hydrogen-bond acceptors (Lipinski definition) is 5. The summed E-state index contributed by atoms with van der Waals surface area (Å²) in [5.41, 5.74) is -1.33. The van der Waals surface area contributed by atoms with Gasteiger partial charge in [0, 0.05) is 12.8 Å². The van der Waals surface area contributed by atoms with Crippen molar-refractivity contribution in [1.29, 1.82) is 0 Å². The van der Waals surface area contributed by atoms with Gasteiger partial charge in [-0.1, -0.05) is 25.8 Å². The van der Waals surface area contributed by atoms with Gasteiger partial charge in [-0.25, -0.2) is 0 Å². The molecule has 5 nitrogen and oxygen atoms in total. The molecule has 0 saturated heterocycles. The number of esters is 2. The maximum atomic E-state index is 13.4. The SMILES string of the molecule is CCC(C)(CC(C)(C)C(=O)OC1CCCC(=O)C1)C(=O)OC(C)/C=C/C12CC3CCC(CC(C3)C1)C2. The van der Waals surface area contributed by atoms with Crippen LogP contribution in [-0.4, -0.2) is 29.9 Å². The van der Waals surface area contributed by atoms with Gasteiger partial charge in [-0.05, 0) is 115 Å². The number of carbonyl (C=O) groups excluding carboxylic acids is 3. The fourth-order valence-corrected chi connectivity index (χ4v) is 7.94. The number of rotatable bonds is 9. The second-order valence-electron chi connectivity index (χ2n) is 13.7. The van der Waals surface area contributed by atoms with E-state index in [2.05, 4.69) is 12.2 Å². The summed E-state index contributed by atoms with van der Waals surface area (Å²) < 4.78 is 11.7. The van der Waals surface area contributed by atoms with Crippen LogP contribution in [0.15, 0.2) is 12.2 Å². The third-order valence-corrected chi connectivity index (χ3v) is 9.78. The van der Waals surface area contributed by atoms with Gasteiger partial charge < -0.3 is 9.47 Å². The number of carbonyl (C=O) groups is 3. The molecule has 5 aliphatic rings. The van der Waals surface area contributed by atoms with Crippen molar-refractivity contribution < 1.29 is 23.9 Å². The van der Waals surface area contributed by atoms with Crippen LogP contribution >= 0.6 is 0 Å². The number of fused-ring (bicyclic) bond motifs is 1. The van der Waals surface area contributed by atoms with E-state index in [1.54, 1.807) is 0 Å². The second-order valence-corrected chi connectivity index (χ2v) is 13.7. The van der Waals surface area contributed by atoms with Gasteiger partial charge in [-0.3, -0.25) is 14.4 Å². The van der Waals surface area contributed by atoms with Crippen LogP contribution in [0.25, 0.3) is 0 Å². The summed E-state index contributed by atoms with van der Waals surface area (Å²) in [7, 11) is 0. The monoisotopic (exact) mass is 500 g/mol. The molecule has 5 saturated carbocycles. The number of Topliss-reactive ketones (excluding diaryl/α,β-unsaturated/α-hetero) is 1. The van der Waals surface area contributed by atoms with Crippen LogP contribution in [0.3, 0.4) is 0 Å². The van der Waals surface area contributed by atoms with Crippen molar-refractivity contribution >= 4 is 17.7 Å². The molecular weight excluding hydrogens is 452 g/mol. The predicted octanol–water partition coefficient (Wildman–Crippen LogP) is 6.97. The van der Waals surface area contributed by atoms with E-state index in [0.29, 0.717) is 31.1 Å². The Kier molecular flexibility index (Phi) is 8.07. The summed E-state index contributed by atoms with van der Waals surface area (Å²) >= 11 is 0. The van der Waals surface area contributed by atoms with Crippen molar-refractivity contribution in [3.05, 3.63) is 12.2 Å². The van der Waals surface area contributed by atoms with E-state index < -0.39 is 10.8 Å². The lowest BCUT2D eigenvalue weighted by Gasteiger charge is -2.47. The summed E-state index contributed by atoms with van der Waals surface area (Å²) in [6.07, 6.45) is 16.7. The Hall–Kier alpha value is -1.65. The normalized spacial score (nSPS) is 34.8. The van der Waals surface area contributed by atoms with Crippen molar-refractivity contribution in [3.63, 3.8) is 0 Å². The average molecular weight is 501 g/mol. The molecule has 0 amide bonds. The lowest BCUT2D eigenvalue weighted by molar-refractivity contribution is -0.168. The highest BCUT2D eigenvalue weighted by Crippen LogP contribution is 2.58. The molecule has 202 valence electrons. The van der Waals surface area contributed by atoms with E-state index in [0.717, 1.165) is 30.6 Å². The molecule has 5 unspecified atom stereocenters. The first-order valence-electron chi connectivity index (χ1n) is 14.6. The Labute approximate surface area is 218 Å². The van der Waals surface area contributed by atoms with Gasteiger partial charge in [-0.2, -0.15) is 0 Å². The quantitative estimate of drug-likeness (QED) is 0.253. The lowest BCUT2D eigenvalue weighted by Crippen LogP contribution is -2.41. The molecule has 4 bridgehead atoms. The van der Waals surface area contributed by atoms with Crippen molar-refractivity contribution in [2.45, 2.75) is 130 Å². The van der Waals surface area contributed by atoms with Crippen LogP contribution < -0.4 is 0 Å². The van der Waals surface area contributed by atoms with E-state index >= 15 is 0 Å². The van der Waals surface area contributed by atoms with Crippen molar-refractivity contribution in [2.75, 3.05) is 0 Å². The van der Waals surface area contributed by atoms with Crippen LogP contribution in [0.2, 0.25) is 0 Å². The highest BCUT2D eigenvalue weighted by molar-refractivity contribution is 5.82. The van der Waals surface area contributed by atoms with Crippen molar-refractivity contribution in [3.8, 4) is 0 Å². The minimum atomic E-state index is -0.846. The topological polar surface area (TPSA) is 69.7 Å². The van der Waals surface area contributed by atoms with Crippen LogP contribution in [-0.2, 0) is 23.9 Å². The van der Waals surface area contributed by atoms with Gasteiger partial charge in [0.05, 0.1) is 10.8 Å². The summed E-state index contributed by atoms with van der Waals surface area (Å²) in [6, 6.07) is 0. The summed E-state index contributed by atoms with van der Waals surface area (Å²) in [6.45, 7) is 9.50. The highest BCUT2D eigenvalue weighted by atomic mass is 16.5. The Bertz CT molecular complexity index is 856. The largest absolute Gasteiger partial charge is 0.461 e. The summed E-state index contributed by atoms with van der Waals surface area (Å²) in [4.78, 5) is 38.1. The highest BCUT2D eigenvalue weighted by Gasteiger charge is 2.47. The number of hydrogen-bond donors (Lipinski definition) is 0. The third-order valence-electron chi connectivity index (χ3n) is 9.78. The van der Waals surface area contributed by atoms with Crippen LogP contribution in [0.5, 0.6) is 0 Å². The molecule has 5 fully saturated rings. The first-order chi connectivity index (χ1) is 16.9. The Morgan fingerprint density at radius 1 is 1.03 bits per heavy atom. The molecule has 0 aromatic rings. The molecule has 5 rings (SSSR count). The minimum Gasteiger partial charge on any atom is -0.461 e. The molecule has 0 heterocycles. The van der Waals surface area contributed by atoms with E-state index in [9.17, 15) is 14.4 Å². The molecule has 0 radical (unpaired) electrons. The van der Waals surface area contributed by atoms with Gasteiger partial charge in [0.2, 0.25) is 0 Å².